The quantitative estimate of drug-likeness (QED) is 0.562. The minimum Gasteiger partial charge on any atom is -0.486 e. The van der Waals surface area contributed by atoms with E-state index in [4.69, 9.17) is 14.2 Å². The normalized spacial score (nSPS) is 20.5. The second-order valence-electron chi connectivity index (χ2n) is 8.94. The number of rotatable bonds is 6. The van der Waals surface area contributed by atoms with Gasteiger partial charge in [0, 0.05) is 35.5 Å². The van der Waals surface area contributed by atoms with Crippen LogP contribution in [-0.4, -0.2) is 41.3 Å². The van der Waals surface area contributed by atoms with Crippen LogP contribution < -0.4 is 19.5 Å². The molecule has 1 aromatic carbocycles. The lowest BCUT2D eigenvalue weighted by Crippen LogP contribution is -2.27. The summed E-state index contributed by atoms with van der Waals surface area (Å²) in [6.07, 6.45) is 5.10. The third-order valence-electron chi connectivity index (χ3n) is 6.74. The number of amides is 1. The Labute approximate surface area is 198 Å². The Hall–Kier alpha value is -3.39. The van der Waals surface area contributed by atoms with Crippen LogP contribution in [0, 0.1) is 11.8 Å². The van der Waals surface area contributed by atoms with E-state index in [9.17, 15) is 9.90 Å². The lowest BCUT2D eigenvalue weighted by Gasteiger charge is -2.29. The summed E-state index contributed by atoms with van der Waals surface area (Å²) in [7, 11) is 1.57. The van der Waals surface area contributed by atoms with Gasteiger partial charge < -0.3 is 24.6 Å². The molecule has 8 nitrogen and oxygen atoms in total. The predicted molar refractivity (Wildman–Crippen MR) is 127 cm³/mol. The number of aliphatic hydroxyl groups excluding tert-OH is 1. The molecule has 0 saturated heterocycles. The summed E-state index contributed by atoms with van der Waals surface area (Å²) in [5.74, 6) is 2.22. The Balaban J connectivity index is 1.17. The van der Waals surface area contributed by atoms with E-state index < -0.39 is 6.10 Å². The number of carbonyl (C=O) groups excluding carboxylic acids is 1. The first-order valence-corrected chi connectivity index (χ1v) is 11.8. The average Bonchev–Trinajstić information content (AvgIpc) is 2.88. The Kier molecular flexibility index (Phi) is 6.49. The van der Waals surface area contributed by atoms with Crippen molar-refractivity contribution < 1.29 is 24.1 Å². The lowest BCUT2D eigenvalue weighted by atomic mass is 9.78. The van der Waals surface area contributed by atoms with Gasteiger partial charge in [0.05, 0.1) is 24.2 Å². The van der Waals surface area contributed by atoms with Gasteiger partial charge in [-0.15, -0.1) is 0 Å². The molecule has 1 unspecified atom stereocenters. The maximum Gasteiger partial charge on any atom is 0.227 e. The Bertz CT molecular complexity index is 1180. The summed E-state index contributed by atoms with van der Waals surface area (Å²) in [5.41, 5.74) is 2.89. The van der Waals surface area contributed by atoms with Crippen molar-refractivity contribution in [1.82, 2.24) is 9.97 Å². The molecule has 1 atom stereocenters. The maximum atomic E-state index is 12.8. The van der Waals surface area contributed by atoms with Crippen molar-refractivity contribution in [3.05, 3.63) is 48.2 Å². The van der Waals surface area contributed by atoms with Crippen LogP contribution in [0.2, 0.25) is 0 Å². The molecule has 0 radical (unpaired) electrons. The van der Waals surface area contributed by atoms with Gasteiger partial charge in [0.15, 0.2) is 11.5 Å². The summed E-state index contributed by atoms with van der Waals surface area (Å²) in [6.45, 7) is 1.05. The fourth-order valence-corrected chi connectivity index (χ4v) is 4.88. The number of methoxy groups -OCH3 is 1. The predicted octanol–water partition coefficient (Wildman–Crippen LogP) is 4.28. The number of fused-ring (bicyclic) bond motifs is 2. The largest absolute Gasteiger partial charge is 0.486 e. The molecule has 2 aliphatic rings. The molecule has 2 N–H and O–H groups in total. The Morgan fingerprint density at radius 2 is 1.91 bits per heavy atom. The van der Waals surface area contributed by atoms with Crippen molar-refractivity contribution in [1.29, 1.82) is 0 Å². The lowest BCUT2D eigenvalue weighted by molar-refractivity contribution is -0.121. The van der Waals surface area contributed by atoms with Gasteiger partial charge in [-0.05, 0) is 62.3 Å². The fraction of sp³-hybridized carbons (Fsp3) is 0.423. The van der Waals surface area contributed by atoms with Crippen molar-refractivity contribution >= 4 is 22.6 Å². The zero-order valence-corrected chi connectivity index (χ0v) is 19.2. The average molecular weight is 464 g/mol. The monoisotopic (exact) mass is 463 g/mol. The van der Waals surface area contributed by atoms with E-state index in [2.05, 4.69) is 15.3 Å². The molecule has 1 aliphatic heterocycles. The van der Waals surface area contributed by atoms with E-state index in [-0.39, 0.29) is 11.8 Å². The Morgan fingerprint density at radius 1 is 1.12 bits per heavy atom. The molecule has 3 aromatic rings. The van der Waals surface area contributed by atoms with Gasteiger partial charge in [0.25, 0.3) is 0 Å². The van der Waals surface area contributed by atoms with Crippen LogP contribution in [0.5, 0.6) is 17.4 Å². The molecule has 8 heteroatoms. The van der Waals surface area contributed by atoms with Crippen molar-refractivity contribution in [2.75, 3.05) is 25.6 Å². The molecular weight excluding hydrogens is 434 g/mol. The number of aromatic nitrogens is 2. The minimum atomic E-state index is -0.641. The summed E-state index contributed by atoms with van der Waals surface area (Å²) in [6, 6.07) is 10.9. The van der Waals surface area contributed by atoms with Crippen molar-refractivity contribution in [2.24, 2.45) is 11.8 Å². The SMILES string of the molecule is COc1ccc2nccc(C(O)CC3CCC(C(=O)Nc4ccc5c(c4)OCCO5)CC3)c2n1. The highest BCUT2D eigenvalue weighted by atomic mass is 16.6. The molecule has 3 heterocycles. The van der Waals surface area contributed by atoms with Crippen LogP contribution in [0.15, 0.2) is 42.6 Å². The van der Waals surface area contributed by atoms with Crippen LogP contribution >= 0.6 is 0 Å². The summed E-state index contributed by atoms with van der Waals surface area (Å²) in [5, 5.41) is 14.0. The summed E-state index contributed by atoms with van der Waals surface area (Å²) < 4.78 is 16.4. The van der Waals surface area contributed by atoms with Crippen LogP contribution in [0.25, 0.3) is 11.0 Å². The van der Waals surface area contributed by atoms with Gasteiger partial charge in [0.2, 0.25) is 11.8 Å². The molecular formula is C26H29N3O5. The van der Waals surface area contributed by atoms with Crippen LogP contribution in [0.4, 0.5) is 5.69 Å². The van der Waals surface area contributed by atoms with Crippen molar-refractivity contribution in [3.63, 3.8) is 0 Å². The van der Waals surface area contributed by atoms with Gasteiger partial charge in [0.1, 0.15) is 13.2 Å². The van der Waals surface area contributed by atoms with E-state index in [1.54, 1.807) is 19.4 Å². The van der Waals surface area contributed by atoms with Gasteiger partial charge in [-0.2, -0.15) is 0 Å². The second kappa shape index (κ2) is 9.85. The van der Waals surface area contributed by atoms with E-state index in [1.807, 2.05) is 30.3 Å². The van der Waals surface area contributed by atoms with Crippen molar-refractivity contribution in [2.45, 2.75) is 38.2 Å². The topological polar surface area (TPSA) is 103 Å². The molecule has 1 amide bonds. The van der Waals surface area contributed by atoms with Gasteiger partial charge in [-0.3, -0.25) is 9.78 Å². The number of nitrogens with one attached hydrogen (secondary N) is 1. The zero-order chi connectivity index (χ0) is 23.5. The number of hydrogen-bond donors (Lipinski definition) is 2. The van der Waals surface area contributed by atoms with Crippen LogP contribution in [0.1, 0.15) is 43.8 Å². The number of carbonyl (C=O) groups is 1. The molecule has 1 aliphatic carbocycles. The first-order chi connectivity index (χ1) is 16.6. The standard InChI is InChI=1S/C26H29N3O5/c1-32-24-9-7-20-25(29-24)19(10-11-27-20)21(30)14-16-2-4-17(5-3-16)26(31)28-18-6-8-22-23(15-18)34-13-12-33-22/h6-11,15-17,21,30H,2-5,12-14H2,1H3,(H,28,31). The number of ether oxygens (including phenoxy) is 3. The number of hydrogen-bond acceptors (Lipinski definition) is 7. The van der Waals surface area contributed by atoms with Gasteiger partial charge in [-0.25, -0.2) is 4.98 Å². The summed E-state index contributed by atoms with van der Waals surface area (Å²) >= 11 is 0. The van der Waals surface area contributed by atoms with E-state index in [0.29, 0.717) is 48.4 Å². The number of anilines is 1. The van der Waals surface area contributed by atoms with Gasteiger partial charge >= 0.3 is 0 Å². The fourth-order valence-electron chi connectivity index (χ4n) is 4.88. The first kappa shape index (κ1) is 22.4. The van der Waals surface area contributed by atoms with Crippen LogP contribution in [-0.2, 0) is 4.79 Å². The van der Waals surface area contributed by atoms with E-state index in [1.165, 1.54) is 0 Å². The maximum absolute atomic E-state index is 12.8. The highest BCUT2D eigenvalue weighted by Gasteiger charge is 2.28. The molecule has 0 bridgehead atoms. The molecule has 2 aromatic heterocycles. The molecule has 34 heavy (non-hydrogen) atoms. The van der Waals surface area contributed by atoms with E-state index >= 15 is 0 Å². The highest BCUT2D eigenvalue weighted by molar-refractivity contribution is 5.93. The second-order valence-corrected chi connectivity index (χ2v) is 8.94. The summed E-state index contributed by atoms with van der Waals surface area (Å²) in [4.78, 5) is 21.7. The van der Waals surface area contributed by atoms with Gasteiger partial charge in [-0.1, -0.05) is 0 Å². The number of aliphatic hydroxyl groups is 1. The minimum absolute atomic E-state index is 0.0331. The third kappa shape index (κ3) is 4.77. The van der Waals surface area contributed by atoms with Crippen molar-refractivity contribution in [3.8, 4) is 17.4 Å². The van der Waals surface area contributed by atoms with E-state index in [0.717, 1.165) is 42.5 Å². The number of pyridine rings is 2. The number of nitrogens with zero attached hydrogens (tertiary/aromatic N) is 2. The number of benzene rings is 1. The first-order valence-electron chi connectivity index (χ1n) is 11.8. The molecule has 1 saturated carbocycles. The van der Waals surface area contributed by atoms with Crippen LogP contribution in [0.3, 0.4) is 0 Å². The molecule has 178 valence electrons. The molecule has 0 spiro atoms. The molecule has 1 fully saturated rings. The highest BCUT2D eigenvalue weighted by Crippen LogP contribution is 2.37. The Morgan fingerprint density at radius 3 is 2.71 bits per heavy atom. The smallest absolute Gasteiger partial charge is 0.227 e. The third-order valence-corrected chi connectivity index (χ3v) is 6.74. The zero-order valence-electron chi connectivity index (χ0n) is 19.2. The molecule has 5 rings (SSSR count).